The smallest absolute Gasteiger partial charge is 0.243 e. The Morgan fingerprint density at radius 3 is 2.79 bits per heavy atom. The average molecular weight is 217 g/mol. The molecule has 1 aromatic rings. The first-order chi connectivity index (χ1) is 6.56. The summed E-state index contributed by atoms with van der Waals surface area (Å²) in [4.78, 5) is 0.219. The van der Waals surface area contributed by atoms with Gasteiger partial charge in [0.15, 0.2) is 0 Å². The second-order valence-corrected chi connectivity index (χ2v) is 4.87. The first-order valence-electron chi connectivity index (χ1n) is 4.54. The molecule has 0 saturated carbocycles. The highest BCUT2D eigenvalue weighted by Gasteiger charge is 2.14. The summed E-state index contributed by atoms with van der Waals surface area (Å²) in [5.74, 6) is 0. The Morgan fingerprint density at radius 2 is 2.29 bits per heavy atom. The Labute approximate surface area is 84.2 Å². The monoisotopic (exact) mass is 217 g/mol. The van der Waals surface area contributed by atoms with Crippen molar-refractivity contribution in [1.29, 1.82) is 0 Å². The maximum absolute atomic E-state index is 11.6. The average Bonchev–Trinajstić information content (AvgIpc) is 2.53. The molecule has 14 heavy (non-hydrogen) atoms. The lowest BCUT2D eigenvalue weighted by molar-refractivity contribution is 0.578. The fraction of sp³-hybridized carbons (Fsp3) is 0.625. The molecule has 80 valence electrons. The maximum atomic E-state index is 11.6. The van der Waals surface area contributed by atoms with Gasteiger partial charge in [0.1, 0.15) is 4.90 Å². The summed E-state index contributed by atoms with van der Waals surface area (Å²) in [6, 6.07) is 0. The van der Waals surface area contributed by atoms with Crippen LogP contribution in [0.3, 0.4) is 0 Å². The van der Waals surface area contributed by atoms with Crippen LogP contribution in [0.2, 0.25) is 0 Å². The van der Waals surface area contributed by atoms with E-state index in [9.17, 15) is 8.42 Å². The molecule has 0 fully saturated rings. The molecule has 1 N–H and O–H groups in total. The van der Waals surface area contributed by atoms with E-state index in [1.165, 1.54) is 17.1 Å². The molecule has 5 nitrogen and oxygen atoms in total. The Morgan fingerprint density at radius 1 is 1.57 bits per heavy atom. The summed E-state index contributed by atoms with van der Waals surface area (Å²) >= 11 is 0. The van der Waals surface area contributed by atoms with E-state index in [1.807, 2.05) is 6.92 Å². The normalized spacial score (nSPS) is 11.9. The molecule has 0 unspecified atom stereocenters. The van der Waals surface area contributed by atoms with Crippen LogP contribution in [-0.2, 0) is 17.1 Å². The summed E-state index contributed by atoms with van der Waals surface area (Å²) in [6.07, 6.45) is 4.64. The Kier molecular flexibility index (Phi) is 3.65. The molecule has 0 bridgehead atoms. The highest BCUT2D eigenvalue weighted by Crippen LogP contribution is 2.05. The highest BCUT2D eigenvalue weighted by atomic mass is 32.2. The predicted molar refractivity (Wildman–Crippen MR) is 53.3 cm³/mol. The van der Waals surface area contributed by atoms with Crippen molar-refractivity contribution < 1.29 is 8.42 Å². The third-order valence-corrected chi connectivity index (χ3v) is 3.23. The Bertz CT molecular complexity index is 383. The van der Waals surface area contributed by atoms with Gasteiger partial charge < -0.3 is 0 Å². The van der Waals surface area contributed by atoms with E-state index in [4.69, 9.17) is 0 Å². The number of unbranched alkanes of at least 4 members (excludes halogenated alkanes) is 1. The number of aromatic nitrogens is 2. The topological polar surface area (TPSA) is 64.0 Å². The number of nitrogens with zero attached hydrogens (tertiary/aromatic N) is 2. The van der Waals surface area contributed by atoms with Crippen molar-refractivity contribution in [2.75, 3.05) is 6.54 Å². The zero-order valence-corrected chi connectivity index (χ0v) is 9.21. The third kappa shape index (κ3) is 2.81. The van der Waals surface area contributed by atoms with E-state index in [-0.39, 0.29) is 4.90 Å². The SMILES string of the molecule is CCCCNS(=O)(=O)c1cnn(C)c1. The molecule has 0 spiro atoms. The summed E-state index contributed by atoms with van der Waals surface area (Å²) in [5, 5.41) is 3.81. The summed E-state index contributed by atoms with van der Waals surface area (Å²) in [6.45, 7) is 2.49. The van der Waals surface area contributed by atoms with Gasteiger partial charge in [0, 0.05) is 19.8 Å². The van der Waals surface area contributed by atoms with Gasteiger partial charge in [-0.2, -0.15) is 5.10 Å². The molecule has 0 aliphatic rings. The fourth-order valence-corrected chi connectivity index (χ4v) is 2.06. The minimum absolute atomic E-state index is 0.219. The molecular weight excluding hydrogens is 202 g/mol. The molecule has 0 amide bonds. The summed E-state index contributed by atoms with van der Waals surface area (Å²) in [5.41, 5.74) is 0. The minimum atomic E-state index is -3.35. The van der Waals surface area contributed by atoms with Crippen molar-refractivity contribution in [3.05, 3.63) is 12.4 Å². The molecule has 0 aliphatic heterocycles. The van der Waals surface area contributed by atoms with E-state index in [0.29, 0.717) is 6.54 Å². The van der Waals surface area contributed by atoms with Gasteiger partial charge in [-0.1, -0.05) is 13.3 Å². The van der Waals surface area contributed by atoms with Crippen LogP contribution in [-0.4, -0.2) is 24.7 Å². The number of rotatable bonds is 5. The number of aryl methyl sites for hydroxylation is 1. The number of sulfonamides is 1. The largest absolute Gasteiger partial charge is 0.274 e. The van der Waals surface area contributed by atoms with Gasteiger partial charge >= 0.3 is 0 Å². The first kappa shape index (κ1) is 11.2. The molecule has 0 aliphatic carbocycles. The van der Waals surface area contributed by atoms with E-state index < -0.39 is 10.0 Å². The molecular formula is C8H15N3O2S. The zero-order valence-electron chi connectivity index (χ0n) is 8.40. The molecule has 0 radical (unpaired) electrons. The fourth-order valence-electron chi connectivity index (χ4n) is 1.00. The molecule has 6 heteroatoms. The molecule has 0 atom stereocenters. The molecule has 1 rings (SSSR count). The van der Waals surface area contributed by atoms with Crippen LogP contribution in [0.5, 0.6) is 0 Å². The second-order valence-electron chi connectivity index (χ2n) is 3.10. The quantitative estimate of drug-likeness (QED) is 0.730. The van der Waals surface area contributed by atoms with Gasteiger partial charge in [0.25, 0.3) is 0 Å². The van der Waals surface area contributed by atoms with Crippen LogP contribution in [0, 0.1) is 0 Å². The van der Waals surface area contributed by atoms with Crippen LogP contribution in [0.4, 0.5) is 0 Å². The van der Waals surface area contributed by atoms with Crippen molar-refractivity contribution in [1.82, 2.24) is 14.5 Å². The second kappa shape index (κ2) is 4.56. The number of nitrogens with one attached hydrogen (secondary N) is 1. The summed E-state index contributed by atoms with van der Waals surface area (Å²) in [7, 11) is -1.66. The first-order valence-corrected chi connectivity index (χ1v) is 6.03. The zero-order chi connectivity index (χ0) is 10.6. The van der Waals surface area contributed by atoms with Crippen LogP contribution in [0.1, 0.15) is 19.8 Å². The van der Waals surface area contributed by atoms with Gasteiger partial charge in [-0.15, -0.1) is 0 Å². The van der Waals surface area contributed by atoms with Crippen molar-refractivity contribution in [2.24, 2.45) is 7.05 Å². The molecule has 0 aromatic carbocycles. The van der Waals surface area contributed by atoms with Crippen LogP contribution < -0.4 is 4.72 Å². The van der Waals surface area contributed by atoms with Gasteiger partial charge in [-0.3, -0.25) is 4.68 Å². The van der Waals surface area contributed by atoms with Crippen molar-refractivity contribution in [3.8, 4) is 0 Å². The van der Waals surface area contributed by atoms with Crippen molar-refractivity contribution >= 4 is 10.0 Å². The number of hydrogen-bond donors (Lipinski definition) is 1. The Hall–Kier alpha value is -0.880. The highest BCUT2D eigenvalue weighted by molar-refractivity contribution is 7.89. The van der Waals surface area contributed by atoms with E-state index >= 15 is 0 Å². The van der Waals surface area contributed by atoms with E-state index in [2.05, 4.69) is 9.82 Å². The van der Waals surface area contributed by atoms with Crippen LogP contribution in [0.15, 0.2) is 17.3 Å². The van der Waals surface area contributed by atoms with E-state index in [1.54, 1.807) is 7.05 Å². The van der Waals surface area contributed by atoms with Gasteiger partial charge in [-0.25, -0.2) is 13.1 Å². The molecule has 1 heterocycles. The van der Waals surface area contributed by atoms with Gasteiger partial charge in [-0.05, 0) is 6.42 Å². The molecule has 0 saturated heterocycles. The van der Waals surface area contributed by atoms with Crippen molar-refractivity contribution in [2.45, 2.75) is 24.7 Å². The lowest BCUT2D eigenvalue weighted by Gasteiger charge is -2.02. The van der Waals surface area contributed by atoms with Crippen molar-refractivity contribution in [3.63, 3.8) is 0 Å². The lowest BCUT2D eigenvalue weighted by atomic mass is 10.3. The minimum Gasteiger partial charge on any atom is -0.274 e. The van der Waals surface area contributed by atoms with Gasteiger partial charge in [0.05, 0.1) is 6.20 Å². The maximum Gasteiger partial charge on any atom is 0.243 e. The summed E-state index contributed by atoms with van der Waals surface area (Å²) < 4.78 is 27.1. The molecule has 1 aromatic heterocycles. The van der Waals surface area contributed by atoms with Crippen LogP contribution in [0.25, 0.3) is 0 Å². The lowest BCUT2D eigenvalue weighted by Crippen LogP contribution is -2.24. The predicted octanol–water partition coefficient (Wildman–Crippen LogP) is 0.498. The third-order valence-electron chi connectivity index (χ3n) is 1.81. The van der Waals surface area contributed by atoms with Gasteiger partial charge in [0.2, 0.25) is 10.0 Å². The van der Waals surface area contributed by atoms with E-state index in [0.717, 1.165) is 12.8 Å². The standard InChI is InChI=1S/C8H15N3O2S/c1-3-4-5-10-14(12,13)8-6-9-11(2)7-8/h6-7,10H,3-5H2,1-2H3. The number of hydrogen-bond acceptors (Lipinski definition) is 3. The Balaban J connectivity index is 2.66. The van der Waals surface area contributed by atoms with Crippen LogP contribution >= 0.6 is 0 Å².